The lowest BCUT2D eigenvalue weighted by molar-refractivity contribution is -0.141. The van der Waals surface area contributed by atoms with E-state index in [4.69, 9.17) is 26.2 Å². The monoisotopic (exact) mass is 557 g/mol. The first-order valence-electron chi connectivity index (χ1n) is 12.4. The summed E-state index contributed by atoms with van der Waals surface area (Å²) in [5.74, 6) is -2.48. The van der Waals surface area contributed by atoms with E-state index in [1.165, 1.54) is 28.0 Å². The molecule has 1 aromatic carbocycles. The molecule has 0 saturated carbocycles. The number of likely N-dealkylation sites (tertiary alicyclic amines) is 2. The summed E-state index contributed by atoms with van der Waals surface area (Å²) in [5, 5.41) is 11.4. The molecule has 12 heteroatoms. The fourth-order valence-corrected chi connectivity index (χ4v) is 3.86. The molecule has 2 aliphatic heterocycles. The van der Waals surface area contributed by atoms with Crippen LogP contribution < -0.4 is 5.32 Å². The molecule has 0 aromatic heterocycles. The Morgan fingerprint density at radius 3 is 1.82 bits per heavy atom. The lowest BCUT2D eigenvalue weighted by Crippen LogP contribution is -2.36. The number of benzene rings is 1. The molecule has 2 fully saturated rings. The van der Waals surface area contributed by atoms with Gasteiger partial charge >= 0.3 is 18.2 Å². The number of ether oxygens (including phenoxy) is 2. The molecule has 38 heavy (non-hydrogen) atoms. The van der Waals surface area contributed by atoms with E-state index < -0.39 is 41.1 Å². The molecular formula is C26H37ClFN3O7. The molecule has 0 radical (unpaired) electrons. The SMILES string of the molecule is CC(C)(C)OC(=O)N1CCC(C(=O)Nc2ccc(Cl)c(F)c2)C1.CC(C)(C)OC(=O)N1CCC(C(=O)O)C1. The number of hydrogen-bond acceptors (Lipinski definition) is 6. The van der Waals surface area contributed by atoms with Crippen LogP contribution in [0.15, 0.2) is 18.2 Å². The van der Waals surface area contributed by atoms with Gasteiger partial charge in [0.15, 0.2) is 0 Å². The first kappa shape index (κ1) is 31.1. The van der Waals surface area contributed by atoms with Crippen molar-refractivity contribution in [1.82, 2.24) is 9.80 Å². The Kier molecular flexibility index (Phi) is 10.4. The molecule has 0 spiro atoms. The van der Waals surface area contributed by atoms with Crippen molar-refractivity contribution in [3.8, 4) is 0 Å². The van der Waals surface area contributed by atoms with Gasteiger partial charge in [0.25, 0.3) is 0 Å². The number of carboxylic acid groups (broad SMARTS) is 1. The summed E-state index contributed by atoms with van der Waals surface area (Å²) in [6, 6.07) is 4.08. The Labute approximate surface area is 227 Å². The second-order valence-corrected chi connectivity index (χ2v) is 11.7. The molecule has 10 nitrogen and oxygen atoms in total. The van der Waals surface area contributed by atoms with Crippen LogP contribution in [0.3, 0.4) is 0 Å². The summed E-state index contributed by atoms with van der Waals surface area (Å²) in [5.41, 5.74) is -0.760. The smallest absolute Gasteiger partial charge is 0.410 e. The Bertz CT molecular complexity index is 1040. The molecule has 2 aliphatic rings. The number of rotatable bonds is 3. The van der Waals surface area contributed by atoms with Gasteiger partial charge in [0.05, 0.1) is 16.9 Å². The lowest BCUT2D eigenvalue weighted by atomic mass is 10.1. The molecule has 3 rings (SSSR count). The topological polar surface area (TPSA) is 125 Å². The highest BCUT2D eigenvalue weighted by Crippen LogP contribution is 2.23. The van der Waals surface area contributed by atoms with Gasteiger partial charge < -0.3 is 29.7 Å². The molecular weight excluding hydrogens is 521 g/mol. The number of anilines is 1. The largest absolute Gasteiger partial charge is 0.481 e. The highest BCUT2D eigenvalue weighted by molar-refractivity contribution is 6.30. The van der Waals surface area contributed by atoms with E-state index in [9.17, 15) is 23.6 Å². The number of nitrogens with zero attached hydrogens (tertiary/aromatic N) is 2. The zero-order valence-corrected chi connectivity index (χ0v) is 23.4. The van der Waals surface area contributed by atoms with Crippen molar-refractivity contribution >= 4 is 41.4 Å². The molecule has 2 unspecified atom stereocenters. The quantitative estimate of drug-likeness (QED) is 0.535. The van der Waals surface area contributed by atoms with E-state index in [0.29, 0.717) is 31.6 Å². The van der Waals surface area contributed by atoms with Gasteiger partial charge in [-0.05, 0) is 72.6 Å². The van der Waals surface area contributed by atoms with Gasteiger partial charge in [-0.15, -0.1) is 0 Å². The molecule has 0 aliphatic carbocycles. The molecule has 3 amide bonds. The number of carboxylic acids is 1. The van der Waals surface area contributed by atoms with Crippen molar-refractivity contribution in [2.45, 2.75) is 65.6 Å². The van der Waals surface area contributed by atoms with Gasteiger partial charge in [0, 0.05) is 31.9 Å². The van der Waals surface area contributed by atoms with Crippen LogP contribution in [-0.4, -0.2) is 76.4 Å². The number of carbonyl (C=O) groups excluding carboxylic acids is 3. The number of carbonyl (C=O) groups is 4. The average Bonchev–Trinajstić information content (AvgIpc) is 3.45. The maximum Gasteiger partial charge on any atom is 0.410 e. The first-order valence-corrected chi connectivity index (χ1v) is 12.8. The number of nitrogens with one attached hydrogen (secondary N) is 1. The Balaban J connectivity index is 0.000000293. The fraction of sp³-hybridized carbons (Fsp3) is 0.615. The van der Waals surface area contributed by atoms with Crippen LogP contribution in [0.2, 0.25) is 5.02 Å². The van der Waals surface area contributed by atoms with Crippen LogP contribution in [-0.2, 0) is 19.1 Å². The molecule has 2 saturated heterocycles. The van der Waals surface area contributed by atoms with E-state index in [1.807, 2.05) is 0 Å². The van der Waals surface area contributed by atoms with Gasteiger partial charge in [-0.1, -0.05) is 11.6 Å². The minimum absolute atomic E-state index is 0.0000313. The van der Waals surface area contributed by atoms with Gasteiger partial charge in [-0.2, -0.15) is 0 Å². The Hall–Kier alpha value is -3.08. The lowest BCUT2D eigenvalue weighted by Gasteiger charge is -2.24. The third kappa shape index (κ3) is 10.00. The number of halogens is 2. The van der Waals surface area contributed by atoms with Crippen molar-refractivity contribution in [2.75, 3.05) is 31.5 Å². The fourth-order valence-electron chi connectivity index (χ4n) is 3.74. The summed E-state index contributed by atoms with van der Waals surface area (Å²) in [6.07, 6.45) is 0.201. The van der Waals surface area contributed by atoms with Gasteiger partial charge in [-0.3, -0.25) is 9.59 Å². The van der Waals surface area contributed by atoms with Crippen LogP contribution in [0, 0.1) is 17.7 Å². The zero-order chi connectivity index (χ0) is 28.8. The molecule has 2 N–H and O–H groups in total. The summed E-state index contributed by atoms with van der Waals surface area (Å²) in [4.78, 5) is 49.4. The second kappa shape index (κ2) is 12.6. The van der Waals surface area contributed by atoms with Gasteiger partial charge in [0.2, 0.25) is 5.91 Å². The highest BCUT2D eigenvalue weighted by atomic mass is 35.5. The third-order valence-electron chi connectivity index (χ3n) is 5.59. The molecule has 1 aromatic rings. The Morgan fingerprint density at radius 1 is 0.921 bits per heavy atom. The van der Waals surface area contributed by atoms with Crippen molar-refractivity contribution in [1.29, 1.82) is 0 Å². The summed E-state index contributed by atoms with van der Waals surface area (Å²) >= 11 is 5.61. The number of aliphatic carboxylic acids is 1. The van der Waals surface area contributed by atoms with Crippen LogP contribution in [0.1, 0.15) is 54.4 Å². The molecule has 212 valence electrons. The van der Waals surface area contributed by atoms with E-state index in [-0.39, 0.29) is 29.9 Å². The minimum Gasteiger partial charge on any atom is -0.481 e. The molecule has 2 heterocycles. The number of amides is 3. The predicted molar refractivity (Wildman–Crippen MR) is 140 cm³/mol. The molecule has 2 atom stereocenters. The van der Waals surface area contributed by atoms with Crippen LogP contribution in [0.25, 0.3) is 0 Å². The minimum atomic E-state index is -0.846. The van der Waals surface area contributed by atoms with Crippen molar-refractivity contribution in [3.05, 3.63) is 29.0 Å². The normalized spacial score (nSPS) is 19.4. The van der Waals surface area contributed by atoms with E-state index in [2.05, 4.69) is 5.32 Å². The predicted octanol–water partition coefficient (Wildman–Crippen LogP) is 5.00. The Morgan fingerprint density at radius 2 is 1.39 bits per heavy atom. The summed E-state index contributed by atoms with van der Waals surface area (Å²) < 4.78 is 23.8. The molecule has 0 bridgehead atoms. The second-order valence-electron chi connectivity index (χ2n) is 11.3. The van der Waals surface area contributed by atoms with Crippen LogP contribution in [0.4, 0.5) is 19.7 Å². The standard InChI is InChI=1S/C16H20ClFN2O3.C10H17NO4/c1-16(2,3)23-15(22)20-7-6-10(9-20)14(21)19-11-4-5-12(17)13(18)8-11;1-10(2,3)15-9(14)11-5-4-7(6-11)8(12)13/h4-5,8,10H,6-7,9H2,1-3H3,(H,19,21);7H,4-6H2,1-3H3,(H,12,13). The van der Waals surface area contributed by atoms with Gasteiger partial charge in [-0.25, -0.2) is 14.0 Å². The maximum atomic E-state index is 13.4. The summed E-state index contributed by atoms with van der Waals surface area (Å²) in [7, 11) is 0. The third-order valence-corrected chi connectivity index (χ3v) is 5.89. The zero-order valence-electron chi connectivity index (χ0n) is 22.7. The van der Waals surface area contributed by atoms with E-state index in [1.54, 1.807) is 41.5 Å². The maximum absolute atomic E-state index is 13.4. The van der Waals surface area contributed by atoms with Gasteiger partial charge in [0.1, 0.15) is 17.0 Å². The van der Waals surface area contributed by atoms with Crippen LogP contribution >= 0.6 is 11.6 Å². The summed E-state index contributed by atoms with van der Waals surface area (Å²) in [6.45, 7) is 12.2. The average molecular weight is 558 g/mol. The highest BCUT2D eigenvalue weighted by Gasteiger charge is 2.34. The first-order chi connectivity index (χ1) is 17.4. The van der Waals surface area contributed by atoms with E-state index in [0.717, 1.165) is 0 Å². The van der Waals surface area contributed by atoms with Crippen molar-refractivity contribution in [2.24, 2.45) is 11.8 Å². The van der Waals surface area contributed by atoms with Crippen molar-refractivity contribution in [3.63, 3.8) is 0 Å². The van der Waals surface area contributed by atoms with E-state index >= 15 is 0 Å². The van der Waals surface area contributed by atoms with Crippen molar-refractivity contribution < 1.29 is 38.1 Å². The van der Waals surface area contributed by atoms with Crippen LogP contribution in [0.5, 0.6) is 0 Å². The number of hydrogen-bond donors (Lipinski definition) is 2.